The third kappa shape index (κ3) is 5.83. The Morgan fingerprint density at radius 2 is 1.74 bits per heavy atom. The van der Waals surface area contributed by atoms with E-state index in [9.17, 15) is 26.7 Å². The molecule has 2 aromatic carbocycles. The summed E-state index contributed by atoms with van der Waals surface area (Å²) in [6.45, 7) is -2.97. The molecule has 1 amide bonds. The summed E-state index contributed by atoms with van der Waals surface area (Å²) in [5.74, 6) is -0.742. The second-order valence-corrected chi connectivity index (χ2v) is 5.87. The fourth-order valence-electron chi connectivity index (χ4n) is 2.32. The van der Waals surface area contributed by atoms with Crippen LogP contribution in [0, 0.1) is 0 Å². The van der Waals surface area contributed by atoms with Gasteiger partial charge in [-0.25, -0.2) is 0 Å². The molecule has 0 saturated carbocycles. The lowest BCUT2D eigenvalue weighted by molar-refractivity contribution is -0.136. The number of rotatable bonds is 6. The van der Waals surface area contributed by atoms with Crippen LogP contribution in [-0.4, -0.2) is 26.6 Å². The first kappa shape index (κ1) is 20.5. The van der Waals surface area contributed by atoms with E-state index in [4.69, 9.17) is 0 Å². The molecule has 2 aromatic rings. The van der Waals surface area contributed by atoms with Gasteiger partial charge in [-0.3, -0.25) is 4.79 Å². The average Bonchev–Trinajstić information content (AvgIpc) is 2.55. The Morgan fingerprint density at radius 1 is 1.11 bits per heavy atom. The summed E-state index contributed by atoms with van der Waals surface area (Å²) in [4.78, 5) is 13.6. The number of nitrogens with one attached hydrogen (secondary N) is 1. The van der Waals surface area contributed by atoms with Crippen molar-refractivity contribution < 1.29 is 31.5 Å². The third-order valence-electron chi connectivity index (χ3n) is 3.61. The molecule has 0 aliphatic heterocycles. The first-order valence-electron chi connectivity index (χ1n) is 7.78. The van der Waals surface area contributed by atoms with E-state index in [0.29, 0.717) is 11.3 Å². The molecule has 9 heteroatoms. The maximum atomic E-state index is 13.3. The second kappa shape index (κ2) is 8.24. The number of anilines is 2. The third-order valence-corrected chi connectivity index (χ3v) is 3.61. The van der Waals surface area contributed by atoms with Gasteiger partial charge in [-0.15, -0.1) is 0 Å². The Morgan fingerprint density at radius 3 is 2.26 bits per heavy atom. The van der Waals surface area contributed by atoms with Crippen molar-refractivity contribution in [1.29, 1.82) is 0 Å². The second-order valence-electron chi connectivity index (χ2n) is 5.87. The summed E-state index contributed by atoms with van der Waals surface area (Å²) in [7, 11) is 3.21. The zero-order chi connectivity index (χ0) is 20.2. The van der Waals surface area contributed by atoms with E-state index in [1.54, 1.807) is 14.1 Å². The fraction of sp³-hybridized carbons (Fsp3) is 0.278. The molecule has 4 nitrogen and oxygen atoms in total. The predicted octanol–water partition coefficient (Wildman–Crippen LogP) is 4.55. The number of carbonyl (C=O) groups is 1. The van der Waals surface area contributed by atoms with Crippen LogP contribution in [0.3, 0.4) is 0 Å². The van der Waals surface area contributed by atoms with Crippen molar-refractivity contribution in [3.05, 3.63) is 53.6 Å². The first-order chi connectivity index (χ1) is 12.6. The Kier molecular flexibility index (Phi) is 6.24. The Balaban J connectivity index is 2.13. The molecule has 2 rings (SSSR count). The van der Waals surface area contributed by atoms with Gasteiger partial charge >= 0.3 is 12.8 Å². The summed E-state index contributed by atoms with van der Waals surface area (Å²) < 4.78 is 68.2. The molecule has 0 heterocycles. The van der Waals surface area contributed by atoms with E-state index in [2.05, 4.69) is 10.1 Å². The molecule has 0 spiro atoms. The summed E-state index contributed by atoms with van der Waals surface area (Å²) in [5, 5.41) is 2.25. The predicted molar refractivity (Wildman–Crippen MR) is 91.2 cm³/mol. The van der Waals surface area contributed by atoms with Crippen molar-refractivity contribution in [2.75, 3.05) is 24.3 Å². The van der Waals surface area contributed by atoms with Gasteiger partial charge < -0.3 is 15.0 Å². The molecular formula is C18H17F5N2O2. The van der Waals surface area contributed by atoms with Crippen molar-refractivity contribution in [3.8, 4) is 5.75 Å². The molecule has 0 aliphatic rings. The topological polar surface area (TPSA) is 41.6 Å². The van der Waals surface area contributed by atoms with E-state index in [1.807, 2.05) is 0 Å². The van der Waals surface area contributed by atoms with Gasteiger partial charge in [0.05, 0.1) is 17.7 Å². The number of benzene rings is 2. The van der Waals surface area contributed by atoms with Crippen LogP contribution in [0.4, 0.5) is 33.3 Å². The molecule has 27 heavy (non-hydrogen) atoms. The normalized spacial score (nSPS) is 11.4. The molecule has 146 valence electrons. The highest BCUT2D eigenvalue weighted by atomic mass is 19.4. The van der Waals surface area contributed by atoms with Crippen molar-refractivity contribution in [2.45, 2.75) is 19.2 Å². The minimum atomic E-state index is -4.64. The highest BCUT2D eigenvalue weighted by molar-refractivity contribution is 5.93. The molecule has 0 saturated heterocycles. The van der Waals surface area contributed by atoms with E-state index < -0.39 is 24.3 Å². The van der Waals surface area contributed by atoms with Gasteiger partial charge in [-0.2, -0.15) is 22.0 Å². The zero-order valence-electron chi connectivity index (χ0n) is 14.5. The zero-order valence-corrected chi connectivity index (χ0v) is 14.5. The number of hydrogen-bond donors (Lipinski definition) is 1. The molecule has 0 aliphatic carbocycles. The maximum Gasteiger partial charge on any atom is 0.418 e. The van der Waals surface area contributed by atoms with Gasteiger partial charge in [0, 0.05) is 19.8 Å². The fourth-order valence-corrected chi connectivity index (χ4v) is 2.32. The minimum absolute atomic E-state index is 0.0761. The van der Waals surface area contributed by atoms with Crippen LogP contribution in [0.5, 0.6) is 5.75 Å². The average molecular weight is 388 g/mol. The highest BCUT2D eigenvalue weighted by Crippen LogP contribution is 2.37. The summed E-state index contributed by atoms with van der Waals surface area (Å²) in [6, 6.07) is 8.88. The van der Waals surface area contributed by atoms with Gasteiger partial charge in [-0.05, 0) is 35.9 Å². The number of ether oxygens (including phenoxy) is 1. The van der Waals surface area contributed by atoms with Gasteiger partial charge in [0.15, 0.2) is 0 Å². The molecule has 0 bridgehead atoms. The van der Waals surface area contributed by atoms with Crippen LogP contribution >= 0.6 is 0 Å². The molecular weight excluding hydrogens is 371 g/mol. The standard InChI is InChI=1S/C18H17F5N2O2/c1-25(2)12-5-8-15(14(10-12)18(21,22)23)24-16(26)9-11-3-6-13(7-4-11)27-17(19)20/h3-8,10,17H,9H2,1-2H3,(H,24,26). The number of halogens is 5. The molecule has 0 fully saturated rings. The summed E-state index contributed by atoms with van der Waals surface area (Å²) in [6.07, 6.45) is -4.86. The lowest BCUT2D eigenvalue weighted by atomic mass is 10.1. The van der Waals surface area contributed by atoms with E-state index in [0.717, 1.165) is 6.07 Å². The van der Waals surface area contributed by atoms with Gasteiger partial charge in [0.2, 0.25) is 5.91 Å². The summed E-state index contributed by atoms with van der Waals surface area (Å²) >= 11 is 0. The van der Waals surface area contributed by atoms with Crippen LogP contribution < -0.4 is 15.0 Å². The highest BCUT2D eigenvalue weighted by Gasteiger charge is 2.34. The van der Waals surface area contributed by atoms with Gasteiger partial charge in [-0.1, -0.05) is 12.1 Å². The molecule has 1 N–H and O–H groups in total. The van der Waals surface area contributed by atoms with Crippen LogP contribution in [0.2, 0.25) is 0 Å². The Hall–Kier alpha value is -2.84. The first-order valence-corrected chi connectivity index (χ1v) is 7.78. The van der Waals surface area contributed by atoms with Crippen molar-refractivity contribution in [1.82, 2.24) is 0 Å². The van der Waals surface area contributed by atoms with E-state index in [1.165, 1.54) is 41.3 Å². The Bertz CT molecular complexity index is 789. The van der Waals surface area contributed by atoms with Crippen molar-refractivity contribution >= 4 is 17.3 Å². The number of carbonyl (C=O) groups excluding carboxylic acids is 1. The number of nitrogens with zero attached hydrogens (tertiary/aromatic N) is 1. The van der Waals surface area contributed by atoms with Crippen molar-refractivity contribution in [3.63, 3.8) is 0 Å². The molecule has 0 radical (unpaired) electrons. The number of alkyl halides is 5. The minimum Gasteiger partial charge on any atom is -0.435 e. The van der Waals surface area contributed by atoms with Crippen molar-refractivity contribution in [2.24, 2.45) is 0 Å². The smallest absolute Gasteiger partial charge is 0.418 e. The Labute approximate surface area is 152 Å². The quantitative estimate of drug-likeness (QED) is 0.738. The van der Waals surface area contributed by atoms with Crippen LogP contribution in [0.1, 0.15) is 11.1 Å². The molecule has 0 unspecified atom stereocenters. The SMILES string of the molecule is CN(C)c1ccc(NC(=O)Cc2ccc(OC(F)F)cc2)c(C(F)(F)F)c1. The largest absolute Gasteiger partial charge is 0.435 e. The lowest BCUT2D eigenvalue weighted by Crippen LogP contribution is -2.19. The van der Waals surface area contributed by atoms with E-state index in [-0.39, 0.29) is 17.9 Å². The van der Waals surface area contributed by atoms with Crippen LogP contribution in [-0.2, 0) is 17.4 Å². The molecule has 0 aromatic heterocycles. The lowest BCUT2D eigenvalue weighted by Gasteiger charge is -2.18. The molecule has 0 atom stereocenters. The van der Waals surface area contributed by atoms with Crippen LogP contribution in [0.25, 0.3) is 0 Å². The monoisotopic (exact) mass is 388 g/mol. The number of hydrogen-bond acceptors (Lipinski definition) is 3. The van der Waals surface area contributed by atoms with Gasteiger partial charge in [0.1, 0.15) is 5.75 Å². The van der Waals surface area contributed by atoms with Crippen LogP contribution in [0.15, 0.2) is 42.5 Å². The van der Waals surface area contributed by atoms with E-state index >= 15 is 0 Å². The summed E-state index contributed by atoms with van der Waals surface area (Å²) in [5.41, 5.74) is -0.527. The van der Waals surface area contributed by atoms with Gasteiger partial charge in [0.25, 0.3) is 0 Å². The maximum absolute atomic E-state index is 13.3. The number of amides is 1.